The van der Waals surface area contributed by atoms with E-state index in [1.807, 2.05) is 0 Å². The van der Waals surface area contributed by atoms with Crippen LogP contribution in [0.15, 0.2) is 42.5 Å². The molecule has 0 bridgehead atoms. The highest BCUT2D eigenvalue weighted by molar-refractivity contribution is 6.42. The number of amides is 1. The van der Waals surface area contributed by atoms with E-state index in [0.717, 1.165) is 5.56 Å². The molecular weight excluding hydrogens is 405 g/mol. The molecule has 2 aromatic carbocycles. The lowest BCUT2D eigenvalue weighted by atomic mass is 10.1. The molecule has 0 saturated heterocycles. The third kappa shape index (κ3) is 6.94. The lowest BCUT2D eigenvalue weighted by Crippen LogP contribution is -2.31. The Bertz CT molecular complexity index is 811. The highest BCUT2D eigenvalue weighted by Crippen LogP contribution is 2.25. The van der Waals surface area contributed by atoms with Gasteiger partial charge in [0.15, 0.2) is 6.61 Å². The Morgan fingerprint density at radius 3 is 2.36 bits per heavy atom. The molecule has 0 spiro atoms. The smallest absolute Gasteiger partial charge is 0.309 e. The van der Waals surface area contributed by atoms with Gasteiger partial charge in [0.05, 0.1) is 36.2 Å². The van der Waals surface area contributed by atoms with Crippen molar-refractivity contribution < 1.29 is 23.8 Å². The van der Waals surface area contributed by atoms with Gasteiger partial charge in [0.1, 0.15) is 11.5 Å². The van der Waals surface area contributed by atoms with Gasteiger partial charge in [-0.15, -0.1) is 0 Å². The van der Waals surface area contributed by atoms with Gasteiger partial charge in [-0.05, 0) is 48.9 Å². The van der Waals surface area contributed by atoms with Crippen LogP contribution in [0, 0.1) is 0 Å². The van der Waals surface area contributed by atoms with Gasteiger partial charge in [-0.25, -0.2) is 0 Å². The summed E-state index contributed by atoms with van der Waals surface area (Å²) in [6.07, 6.45) is 0.0294. The van der Waals surface area contributed by atoms with E-state index in [9.17, 15) is 9.59 Å². The van der Waals surface area contributed by atoms with E-state index in [-0.39, 0.29) is 25.7 Å². The Hall–Kier alpha value is -2.44. The lowest BCUT2D eigenvalue weighted by Gasteiger charge is -2.15. The van der Waals surface area contributed by atoms with Crippen LogP contribution in [0.5, 0.6) is 11.5 Å². The number of ether oxygens (including phenoxy) is 3. The molecule has 1 N–H and O–H groups in total. The van der Waals surface area contributed by atoms with Crippen LogP contribution >= 0.6 is 23.2 Å². The van der Waals surface area contributed by atoms with Gasteiger partial charge in [0, 0.05) is 0 Å². The summed E-state index contributed by atoms with van der Waals surface area (Å²) in [5.74, 6) is 0.392. The van der Waals surface area contributed by atoms with Gasteiger partial charge in [0.2, 0.25) is 0 Å². The molecule has 28 heavy (non-hydrogen) atoms. The predicted molar refractivity (Wildman–Crippen MR) is 107 cm³/mol. The Morgan fingerprint density at radius 1 is 1.04 bits per heavy atom. The summed E-state index contributed by atoms with van der Waals surface area (Å²) >= 11 is 11.9. The minimum absolute atomic E-state index is 0.0294. The van der Waals surface area contributed by atoms with Crippen molar-refractivity contribution in [3.63, 3.8) is 0 Å². The molecule has 1 unspecified atom stereocenters. The van der Waals surface area contributed by atoms with Gasteiger partial charge in [-0.1, -0.05) is 29.3 Å². The van der Waals surface area contributed by atoms with Crippen molar-refractivity contribution in [3.05, 3.63) is 58.1 Å². The summed E-state index contributed by atoms with van der Waals surface area (Å²) in [5, 5.41) is 3.58. The predicted octanol–water partition coefficient (Wildman–Crippen LogP) is 4.19. The Labute approximate surface area is 173 Å². The number of esters is 1. The third-order valence-electron chi connectivity index (χ3n) is 3.82. The number of rotatable bonds is 9. The van der Waals surface area contributed by atoms with E-state index in [4.69, 9.17) is 37.4 Å². The quantitative estimate of drug-likeness (QED) is 0.609. The fraction of sp³-hybridized carbons (Fsp3) is 0.300. The van der Waals surface area contributed by atoms with Gasteiger partial charge < -0.3 is 19.5 Å². The molecule has 8 heteroatoms. The van der Waals surface area contributed by atoms with E-state index in [1.54, 1.807) is 56.5 Å². The zero-order valence-corrected chi connectivity index (χ0v) is 17.0. The second-order valence-electron chi connectivity index (χ2n) is 5.90. The van der Waals surface area contributed by atoms with Gasteiger partial charge in [-0.3, -0.25) is 9.59 Å². The lowest BCUT2D eigenvalue weighted by molar-refractivity contribution is -0.149. The molecule has 0 aromatic heterocycles. The SMILES string of the molecule is COc1ccc(OCCC(=O)OCC(=O)NC(C)c2ccc(Cl)c(Cl)c2)cc1. The van der Waals surface area contributed by atoms with Crippen LogP contribution in [0.4, 0.5) is 0 Å². The number of benzene rings is 2. The summed E-state index contributed by atoms with van der Waals surface area (Å²) < 4.78 is 15.5. The number of nitrogens with one attached hydrogen (secondary N) is 1. The van der Waals surface area contributed by atoms with Crippen molar-refractivity contribution in [2.24, 2.45) is 0 Å². The summed E-state index contributed by atoms with van der Waals surface area (Å²) in [7, 11) is 1.58. The van der Waals surface area contributed by atoms with Gasteiger partial charge >= 0.3 is 5.97 Å². The van der Waals surface area contributed by atoms with Crippen LogP contribution in [0.25, 0.3) is 0 Å². The number of methoxy groups -OCH3 is 1. The summed E-state index contributed by atoms with van der Waals surface area (Å²) in [5.41, 5.74) is 0.793. The maximum Gasteiger partial charge on any atom is 0.309 e. The van der Waals surface area contributed by atoms with Crippen molar-refractivity contribution in [1.82, 2.24) is 5.32 Å². The number of hydrogen-bond acceptors (Lipinski definition) is 5. The van der Waals surface area contributed by atoms with E-state index < -0.39 is 11.9 Å². The molecule has 0 saturated carbocycles. The zero-order chi connectivity index (χ0) is 20.5. The van der Waals surface area contributed by atoms with E-state index in [1.165, 1.54) is 0 Å². The average Bonchev–Trinajstić information content (AvgIpc) is 2.69. The Morgan fingerprint density at radius 2 is 1.71 bits per heavy atom. The van der Waals surface area contributed by atoms with Crippen molar-refractivity contribution >= 4 is 35.1 Å². The van der Waals surface area contributed by atoms with Crippen molar-refractivity contribution in [1.29, 1.82) is 0 Å². The van der Waals surface area contributed by atoms with E-state index >= 15 is 0 Å². The summed E-state index contributed by atoms with van der Waals surface area (Å²) in [4.78, 5) is 23.7. The third-order valence-corrected chi connectivity index (χ3v) is 4.56. The number of hydrogen-bond donors (Lipinski definition) is 1. The topological polar surface area (TPSA) is 73.9 Å². The molecule has 1 amide bonds. The first-order valence-electron chi connectivity index (χ1n) is 8.56. The van der Waals surface area contributed by atoms with E-state index in [0.29, 0.717) is 21.5 Å². The van der Waals surface area contributed by atoms with Crippen molar-refractivity contribution in [3.8, 4) is 11.5 Å². The van der Waals surface area contributed by atoms with Gasteiger partial charge in [0.25, 0.3) is 5.91 Å². The minimum Gasteiger partial charge on any atom is -0.497 e. The highest BCUT2D eigenvalue weighted by Gasteiger charge is 2.13. The molecule has 0 heterocycles. The molecule has 6 nitrogen and oxygen atoms in total. The van der Waals surface area contributed by atoms with Crippen LogP contribution in [0.1, 0.15) is 24.9 Å². The van der Waals surface area contributed by atoms with Crippen LogP contribution in [-0.2, 0) is 14.3 Å². The van der Waals surface area contributed by atoms with Crippen LogP contribution in [0.3, 0.4) is 0 Å². The molecule has 2 aromatic rings. The second kappa shape index (κ2) is 10.8. The number of halogens is 2. The molecule has 0 radical (unpaired) electrons. The highest BCUT2D eigenvalue weighted by atomic mass is 35.5. The fourth-order valence-electron chi connectivity index (χ4n) is 2.29. The molecule has 2 rings (SSSR count). The standard InChI is InChI=1S/C20H21Cl2NO5/c1-13(14-3-8-17(21)18(22)11-14)23-19(24)12-28-20(25)9-10-27-16-6-4-15(26-2)5-7-16/h3-8,11,13H,9-10,12H2,1-2H3,(H,23,24). The van der Waals surface area contributed by atoms with Crippen LogP contribution in [0.2, 0.25) is 10.0 Å². The Balaban J connectivity index is 1.68. The van der Waals surface area contributed by atoms with E-state index in [2.05, 4.69) is 5.32 Å². The molecule has 0 fully saturated rings. The number of carbonyl (C=O) groups is 2. The molecule has 0 aliphatic heterocycles. The average molecular weight is 426 g/mol. The first-order valence-corrected chi connectivity index (χ1v) is 9.31. The molecule has 1 atom stereocenters. The summed E-state index contributed by atoms with van der Waals surface area (Å²) in [6, 6.07) is 11.8. The summed E-state index contributed by atoms with van der Waals surface area (Å²) in [6.45, 7) is 1.57. The molecule has 0 aliphatic rings. The Kier molecular flexibility index (Phi) is 8.42. The first kappa shape index (κ1) is 21.9. The normalized spacial score (nSPS) is 11.4. The van der Waals surface area contributed by atoms with Crippen LogP contribution in [-0.4, -0.2) is 32.2 Å². The first-order chi connectivity index (χ1) is 13.4. The zero-order valence-electron chi connectivity index (χ0n) is 15.5. The van der Waals surface area contributed by atoms with Crippen molar-refractivity contribution in [2.75, 3.05) is 20.3 Å². The van der Waals surface area contributed by atoms with Crippen LogP contribution < -0.4 is 14.8 Å². The molecule has 150 valence electrons. The van der Waals surface area contributed by atoms with Gasteiger partial charge in [-0.2, -0.15) is 0 Å². The molecular formula is C20H21Cl2NO5. The molecule has 0 aliphatic carbocycles. The minimum atomic E-state index is -0.522. The second-order valence-corrected chi connectivity index (χ2v) is 6.71. The fourth-order valence-corrected chi connectivity index (χ4v) is 2.60. The monoisotopic (exact) mass is 425 g/mol. The maximum atomic E-state index is 11.9. The maximum absolute atomic E-state index is 11.9. The largest absolute Gasteiger partial charge is 0.497 e. The number of carbonyl (C=O) groups excluding carboxylic acids is 2. The van der Waals surface area contributed by atoms with Crippen molar-refractivity contribution in [2.45, 2.75) is 19.4 Å².